The number of H-pyrrole nitrogens is 1. The molecule has 2 aliphatic heterocycles. The van der Waals surface area contributed by atoms with Gasteiger partial charge in [-0.1, -0.05) is 18.2 Å². The molecule has 2 aliphatic rings. The second-order valence-electron chi connectivity index (χ2n) is 6.73. The lowest BCUT2D eigenvalue weighted by Crippen LogP contribution is -2.54. The number of carbonyl (C=O) groups is 2. The van der Waals surface area contributed by atoms with E-state index in [1.807, 2.05) is 34.1 Å². The number of nitrogens with one attached hydrogen (secondary N) is 1. The van der Waals surface area contributed by atoms with Crippen LogP contribution in [0.4, 0.5) is 4.79 Å². The second-order valence-corrected chi connectivity index (χ2v) is 6.73. The number of rotatable bonds is 1. The first-order chi connectivity index (χ1) is 12.2. The van der Waals surface area contributed by atoms with Crippen molar-refractivity contribution in [1.82, 2.24) is 24.9 Å². The van der Waals surface area contributed by atoms with Gasteiger partial charge in [0.25, 0.3) is 5.91 Å². The van der Waals surface area contributed by atoms with E-state index >= 15 is 0 Å². The monoisotopic (exact) mass is 341 g/mol. The Morgan fingerprint density at radius 3 is 2.24 bits per heavy atom. The van der Waals surface area contributed by atoms with Gasteiger partial charge in [-0.15, -0.1) is 0 Å². The lowest BCUT2D eigenvalue weighted by atomic mass is 10.1. The minimum atomic E-state index is -0.0671. The molecule has 0 bridgehead atoms. The number of aromatic nitrogens is 2. The Morgan fingerprint density at radius 1 is 0.840 bits per heavy atom. The number of urea groups is 1. The van der Waals surface area contributed by atoms with Crippen LogP contribution in [0.25, 0.3) is 10.9 Å². The molecule has 2 saturated heterocycles. The van der Waals surface area contributed by atoms with E-state index in [2.05, 4.69) is 10.2 Å². The molecule has 132 valence electrons. The molecule has 7 nitrogen and oxygen atoms in total. The van der Waals surface area contributed by atoms with Crippen LogP contribution in [-0.4, -0.2) is 76.1 Å². The first kappa shape index (κ1) is 15.9. The lowest BCUT2D eigenvalue weighted by molar-refractivity contribution is 0.0629. The zero-order valence-electron chi connectivity index (χ0n) is 14.3. The Balaban J connectivity index is 1.39. The number of nitrogens with zero attached hydrogens (tertiary/aromatic N) is 4. The Morgan fingerprint density at radius 2 is 1.48 bits per heavy atom. The highest BCUT2D eigenvalue weighted by atomic mass is 16.2. The molecule has 4 rings (SSSR count). The number of hydrogen-bond donors (Lipinski definition) is 1. The lowest BCUT2D eigenvalue weighted by Gasteiger charge is -2.38. The first-order valence-electron chi connectivity index (χ1n) is 9.00. The van der Waals surface area contributed by atoms with E-state index in [-0.39, 0.29) is 11.9 Å². The molecular weight excluding hydrogens is 318 g/mol. The van der Waals surface area contributed by atoms with Gasteiger partial charge in [0, 0.05) is 44.7 Å². The van der Waals surface area contributed by atoms with Gasteiger partial charge in [0.1, 0.15) is 0 Å². The third-order valence-corrected chi connectivity index (χ3v) is 5.14. The van der Waals surface area contributed by atoms with Crippen LogP contribution in [0.15, 0.2) is 24.3 Å². The summed E-state index contributed by atoms with van der Waals surface area (Å²) in [6, 6.07) is 7.76. The average molecular weight is 341 g/mol. The summed E-state index contributed by atoms with van der Waals surface area (Å²) in [6.07, 6.45) is 3.40. The molecule has 0 saturated carbocycles. The standard InChI is InChI=1S/C18H23N5O2/c24-17(16-14-6-2-3-7-15(14)19-20-16)21-10-12-23(13-11-21)18(25)22-8-4-1-5-9-22/h2-3,6-7H,1,4-5,8-13H2,(H,19,20). The fourth-order valence-electron chi connectivity index (χ4n) is 3.66. The van der Waals surface area contributed by atoms with Crippen LogP contribution < -0.4 is 0 Å². The van der Waals surface area contributed by atoms with Gasteiger partial charge in [-0.3, -0.25) is 9.89 Å². The number of para-hydroxylation sites is 1. The van der Waals surface area contributed by atoms with Crippen molar-refractivity contribution in [3.63, 3.8) is 0 Å². The van der Waals surface area contributed by atoms with E-state index in [1.165, 1.54) is 6.42 Å². The molecular formula is C18H23N5O2. The van der Waals surface area contributed by atoms with E-state index < -0.39 is 0 Å². The highest BCUT2D eigenvalue weighted by molar-refractivity contribution is 6.04. The molecule has 1 aromatic heterocycles. The normalized spacial score (nSPS) is 18.6. The van der Waals surface area contributed by atoms with Crippen molar-refractivity contribution < 1.29 is 9.59 Å². The fourth-order valence-corrected chi connectivity index (χ4v) is 3.66. The van der Waals surface area contributed by atoms with E-state index in [0.29, 0.717) is 31.9 Å². The van der Waals surface area contributed by atoms with Crippen molar-refractivity contribution in [3.05, 3.63) is 30.0 Å². The number of piperazine rings is 1. The minimum absolute atomic E-state index is 0.0671. The molecule has 2 aromatic rings. The summed E-state index contributed by atoms with van der Waals surface area (Å²) in [5.74, 6) is -0.0671. The summed E-state index contributed by atoms with van der Waals surface area (Å²) < 4.78 is 0. The van der Waals surface area contributed by atoms with Gasteiger partial charge in [0.15, 0.2) is 5.69 Å². The summed E-state index contributed by atoms with van der Waals surface area (Å²) >= 11 is 0. The van der Waals surface area contributed by atoms with Gasteiger partial charge in [-0.05, 0) is 25.3 Å². The van der Waals surface area contributed by atoms with Crippen molar-refractivity contribution in [2.75, 3.05) is 39.3 Å². The van der Waals surface area contributed by atoms with Gasteiger partial charge in [0.2, 0.25) is 0 Å². The molecule has 3 amide bonds. The van der Waals surface area contributed by atoms with Crippen molar-refractivity contribution in [1.29, 1.82) is 0 Å². The number of aromatic amines is 1. The first-order valence-corrected chi connectivity index (χ1v) is 9.00. The van der Waals surface area contributed by atoms with Gasteiger partial charge in [-0.2, -0.15) is 5.10 Å². The van der Waals surface area contributed by atoms with Crippen molar-refractivity contribution >= 4 is 22.8 Å². The predicted octanol–water partition coefficient (Wildman–Crippen LogP) is 1.93. The highest BCUT2D eigenvalue weighted by Crippen LogP contribution is 2.18. The zero-order valence-corrected chi connectivity index (χ0v) is 14.3. The number of amides is 3. The number of carbonyl (C=O) groups excluding carboxylic acids is 2. The third-order valence-electron chi connectivity index (χ3n) is 5.14. The number of fused-ring (bicyclic) bond motifs is 1. The maximum Gasteiger partial charge on any atom is 0.320 e. The van der Waals surface area contributed by atoms with E-state index in [1.54, 1.807) is 4.90 Å². The van der Waals surface area contributed by atoms with Gasteiger partial charge < -0.3 is 14.7 Å². The van der Waals surface area contributed by atoms with Gasteiger partial charge in [0.05, 0.1) is 5.52 Å². The molecule has 1 N–H and O–H groups in total. The van der Waals surface area contributed by atoms with E-state index in [9.17, 15) is 9.59 Å². The fraction of sp³-hybridized carbons (Fsp3) is 0.500. The summed E-state index contributed by atoms with van der Waals surface area (Å²) in [5.41, 5.74) is 1.33. The topological polar surface area (TPSA) is 72.5 Å². The largest absolute Gasteiger partial charge is 0.334 e. The van der Waals surface area contributed by atoms with Crippen LogP contribution in [0, 0.1) is 0 Å². The molecule has 0 aliphatic carbocycles. The highest BCUT2D eigenvalue weighted by Gasteiger charge is 2.29. The van der Waals surface area contributed by atoms with Crippen LogP contribution in [0.5, 0.6) is 0 Å². The number of hydrogen-bond acceptors (Lipinski definition) is 3. The quantitative estimate of drug-likeness (QED) is 0.861. The number of benzene rings is 1. The molecule has 7 heteroatoms. The Bertz CT molecular complexity index is 773. The summed E-state index contributed by atoms with van der Waals surface area (Å²) in [7, 11) is 0. The molecule has 1 aromatic carbocycles. The van der Waals surface area contributed by atoms with Crippen molar-refractivity contribution in [2.45, 2.75) is 19.3 Å². The van der Waals surface area contributed by atoms with Gasteiger partial charge in [-0.25, -0.2) is 4.79 Å². The third kappa shape index (κ3) is 3.06. The average Bonchev–Trinajstić information content (AvgIpc) is 3.12. The molecule has 2 fully saturated rings. The van der Waals surface area contributed by atoms with Crippen LogP contribution >= 0.6 is 0 Å². The molecule has 0 unspecified atom stereocenters. The minimum Gasteiger partial charge on any atom is -0.334 e. The second kappa shape index (κ2) is 6.74. The Labute approximate surface area is 146 Å². The Hall–Kier alpha value is -2.57. The van der Waals surface area contributed by atoms with Crippen molar-refractivity contribution in [2.24, 2.45) is 0 Å². The van der Waals surface area contributed by atoms with Crippen LogP contribution in [0.2, 0.25) is 0 Å². The van der Waals surface area contributed by atoms with Crippen LogP contribution in [-0.2, 0) is 0 Å². The Kier molecular flexibility index (Phi) is 4.29. The summed E-state index contributed by atoms with van der Waals surface area (Å²) in [6.45, 7) is 4.00. The van der Waals surface area contributed by atoms with Crippen LogP contribution in [0.1, 0.15) is 29.8 Å². The molecule has 0 atom stereocenters. The zero-order chi connectivity index (χ0) is 17.2. The van der Waals surface area contributed by atoms with Crippen LogP contribution in [0.3, 0.4) is 0 Å². The van der Waals surface area contributed by atoms with E-state index in [0.717, 1.165) is 36.8 Å². The maximum atomic E-state index is 12.8. The molecule has 0 radical (unpaired) electrons. The number of piperidine rings is 1. The molecule has 25 heavy (non-hydrogen) atoms. The van der Waals surface area contributed by atoms with E-state index in [4.69, 9.17) is 0 Å². The maximum absolute atomic E-state index is 12.8. The summed E-state index contributed by atoms with van der Waals surface area (Å²) in [4.78, 5) is 31.0. The molecule has 3 heterocycles. The SMILES string of the molecule is O=C(c1n[nH]c2ccccc12)N1CCN(C(=O)N2CCCCC2)CC1. The van der Waals surface area contributed by atoms with Crippen molar-refractivity contribution in [3.8, 4) is 0 Å². The smallest absolute Gasteiger partial charge is 0.320 e. The predicted molar refractivity (Wildman–Crippen MR) is 94.4 cm³/mol. The summed E-state index contributed by atoms with van der Waals surface area (Å²) in [5, 5.41) is 7.95. The van der Waals surface area contributed by atoms with Gasteiger partial charge >= 0.3 is 6.03 Å². The molecule has 0 spiro atoms. The number of likely N-dealkylation sites (tertiary alicyclic amines) is 1.